The third-order valence-corrected chi connectivity index (χ3v) is 5.45. The van der Waals surface area contributed by atoms with Crippen LogP contribution in [0.1, 0.15) is 63.0 Å². The highest BCUT2D eigenvalue weighted by molar-refractivity contribution is 6.29. The van der Waals surface area contributed by atoms with Gasteiger partial charge in [-0.1, -0.05) is 47.5 Å². The van der Waals surface area contributed by atoms with Crippen LogP contribution in [0, 0.1) is 0 Å². The normalized spacial score (nSPS) is 21.6. The van der Waals surface area contributed by atoms with Gasteiger partial charge in [0.2, 0.25) is 11.8 Å². The molecule has 2 aromatic rings. The Hall–Kier alpha value is -3.38. The highest BCUT2D eigenvalue weighted by atomic mass is 16.8. The quantitative estimate of drug-likeness (QED) is 0.448. The molecule has 0 aromatic carbocycles. The highest BCUT2D eigenvalue weighted by Gasteiger charge is 2.32. The Morgan fingerprint density at radius 3 is 1.62 bits per heavy atom. The zero-order valence-corrected chi connectivity index (χ0v) is 19.7. The van der Waals surface area contributed by atoms with Crippen molar-refractivity contribution in [3.05, 3.63) is 46.7 Å². The maximum atomic E-state index is 12.5. The minimum atomic E-state index is -1.11. The number of hydrogen-bond acceptors (Lipinski definition) is 12. The fraction of sp³-hybridized carbons (Fsp3) is 0.545. The Morgan fingerprint density at radius 2 is 1.26 bits per heavy atom. The van der Waals surface area contributed by atoms with Gasteiger partial charge in [-0.3, -0.25) is 0 Å². The maximum absolute atomic E-state index is 12.5. The van der Waals surface area contributed by atoms with Crippen LogP contribution < -0.4 is 0 Å². The summed E-state index contributed by atoms with van der Waals surface area (Å²) in [5.74, 6) is -0.622. The number of rotatable bonds is 6. The molecule has 0 radical (unpaired) electrons. The average molecular weight is 473 g/mol. The van der Waals surface area contributed by atoms with Crippen molar-refractivity contribution in [3.63, 3.8) is 0 Å². The molecule has 0 aliphatic carbocycles. The Labute approximate surface area is 196 Å². The maximum Gasteiger partial charge on any atom is 0.438 e. The fourth-order valence-corrected chi connectivity index (χ4v) is 3.89. The number of aromatic nitrogens is 4. The molecule has 34 heavy (non-hydrogen) atoms. The molecule has 0 N–H and O–H groups in total. The summed E-state index contributed by atoms with van der Waals surface area (Å²) in [5.41, 5.74) is 1.89. The predicted octanol–water partition coefficient (Wildman–Crippen LogP) is 1.88. The second kappa shape index (κ2) is 10.3. The van der Waals surface area contributed by atoms with Crippen molar-refractivity contribution in [2.45, 2.75) is 52.4 Å². The third kappa shape index (κ3) is 5.57. The van der Waals surface area contributed by atoms with Crippen LogP contribution in [0.5, 0.6) is 0 Å². The van der Waals surface area contributed by atoms with E-state index >= 15 is 0 Å². The monoisotopic (exact) mass is 472 g/mol. The molecule has 0 bridgehead atoms. The Kier molecular flexibility index (Phi) is 7.17. The molecular formula is C22H28N6O6. The van der Waals surface area contributed by atoms with Gasteiger partial charge < -0.3 is 18.7 Å². The zero-order chi connectivity index (χ0) is 24.2. The largest absolute Gasteiger partial charge is 0.438 e. The number of hydrogen-bond donors (Lipinski definition) is 0. The molecule has 2 aliphatic rings. The first-order chi connectivity index (χ1) is 16.3. The van der Waals surface area contributed by atoms with Gasteiger partial charge in [0, 0.05) is 12.8 Å². The molecule has 0 amide bonds. The van der Waals surface area contributed by atoms with Gasteiger partial charge in [-0.15, -0.1) is 10.1 Å². The lowest BCUT2D eigenvalue weighted by molar-refractivity contribution is -0.218. The van der Waals surface area contributed by atoms with Crippen LogP contribution in [0.25, 0.3) is 0 Å². The van der Waals surface area contributed by atoms with Crippen molar-refractivity contribution in [1.82, 2.24) is 30.4 Å². The van der Waals surface area contributed by atoms with Gasteiger partial charge >= 0.3 is 11.9 Å². The van der Waals surface area contributed by atoms with E-state index in [4.69, 9.17) is 18.7 Å². The molecule has 182 valence electrons. The number of carbonyl (C=O) groups is 2. The summed E-state index contributed by atoms with van der Waals surface area (Å²) in [6.45, 7) is 8.94. The summed E-state index contributed by atoms with van der Waals surface area (Å²) in [4.78, 5) is 44.3. The lowest BCUT2D eigenvalue weighted by Gasteiger charge is -2.29. The van der Waals surface area contributed by atoms with Crippen LogP contribution in [-0.2, 0) is 32.1 Å². The molecule has 2 atom stereocenters. The molecule has 0 unspecified atom stereocenters. The summed E-state index contributed by atoms with van der Waals surface area (Å²) in [7, 11) is 0. The molecule has 0 spiro atoms. The van der Waals surface area contributed by atoms with Gasteiger partial charge in [0.1, 0.15) is 0 Å². The van der Waals surface area contributed by atoms with Gasteiger partial charge in [-0.05, 0) is 13.8 Å². The van der Waals surface area contributed by atoms with Gasteiger partial charge in [0.15, 0.2) is 11.6 Å². The smallest absolute Gasteiger partial charge is 0.359 e. The molecule has 0 fully saturated rings. The first-order valence-corrected chi connectivity index (χ1v) is 11.3. The molecule has 2 aliphatic heterocycles. The van der Waals surface area contributed by atoms with Crippen molar-refractivity contribution in [3.8, 4) is 0 Å². The summed E-state index contributed by atoms with van der Waals surface area (Å²) < 4.78 is 10.6. The van der Waals surface area contributed by atoms with E-state index in [0.29, 0.717) is 49.4 Å². The van der Waals surface area contributed by atoms with Crippen molar-refractivity contribution in [2.24, 2.45) is 0 Å². The van der Waals surface area contributed by atoms with E-state index in [2.05, 4.69) is 20.3 Å². The van der Waals surface area contributed by atoms with Gasteiger partial charge in [-0.2, -0.15) is 9.97 Å². The van der Waals surface area contributed by atoms with Crippen molar-refractivity contribution in [2.75, 3.05) is 26.2 Å². The van der Waals surface area contributed by atoms with Crippen LogP contribution >= 0.6 is 0 Å². The average Bonchev–Trinajstić information content (AvgIpc) is 3.48. The minimum Gasteiger partial charge on any atom is -0.359 e. The molecule has 12 nitrogen and oxygen atoms in total. The van der Waals surface area contributed by atoms with Gasteiger partial charge in [0.25, 0.3) is 0 Å². The molecular weight excluding hydrogens is 444 g/mol. The number of hydroxylamine groups is 4. The summed E-state index contributed by atoms with van der Waals surface area (Å²) >= 11 is 0. The summed E-state index contributed by atoms with van der Waals surface area (Å²) in [6.07, 6.45) is 5.28. The molecule has 4 heterocycles. The topological polar surface area (TPSA) is 137 Å². The third-order valence-electron chi connectivity index (χ3n) is 5.45. The van der Waals surface area contributed by atoms with E-state index in [1.807, 2.05) is 39.8 Å². The fourth-order valence-electron chi connectivity index (χ4n) is 3.89. The van der Waals surface area contributed by atoms with Crippen LogP contribution in [0.3, 0.4) is 0 Å². The number of aryl methyl sites for hydroxylation is 2. The van der Waals surface area contributed by atoms with Gasteiger partial charge in [-0.25, -0.2) is 9.59 Å². The van der Waals surface area contributed by atoms with E-state index in [1.54, 1.807) is 0 Å². The van der Waals surface area contributed by atoms with E-state index < -0.39 is 11.9 Å². The van der Waals surface area contributed by atoms with E-state index in [0.717, 1.165) is 11.1 Å². The molecule has 2 aromatic heterocycles. The Morgan fingerprint density at radius 1 is 0.853 bits per heavy atom. The standard InChI is InChI=1S/C22H28N6O6/c1-5-17-23-19(31-25-17)15-7-13(3)9-27(11-15)33-21(29)22(30)34-28-10-14(4)8-16(12-28)20-24-18(6-2)26-32-20/h7-8,15-16H,5-6,9-12H2,1-4H3/t15-,16-/m0/s1. The van der Waals surface area contributed by atoms with Crippen LogP contribution in [-0.4, -0.2) is 68.5 Å². The predicted molar refractivity (Wildman–Crippen MR) is 116 cm³/mol. The van der Waals surface area contributed by atoms with Crippen molar-refractivity contribution >= 4 is 11.9 Å². The van der Waals surface area contributed by atoms with Crippen molar-refractivity contribution < 1.29 is 28.3 Å². The first kappa shape index (κ1) is 23.8. The second-order valence-electron chi connectivity index (χ2n) is 8.45. The first-order valence-electron chi connectivity index (χ1n) is 11.3. The SMILES string of the molecule is CCc1noc([C@H]2C=C(C)CN(OC(=O)C(=O)ON3CC(C)=C[C@H](c4nc(CC)no4)C3)C2)n1. The van der Waals surface area contributed by atoms with E-state index in [9.17, 15) is 9.59 Å². The lowest BCUT2D eigenvalue weighted by Crippen LogP contribution is -2.41. The minimum absolute atomic E-state index is 0.247. The van der Waals surface area contributed by atoms with Crippen LogP contribution in [0.4, 0.5) is 0 Å². The van der Waals surface area contributed by atoms with E-state index in [-0.39, 0.29) is 24.9 Å². The molecule has 0 saturated heterocycles. The van der Waals surface area contributed by atoms with Crippen LogP contribution in [0.15, 0.2) is 32.3 Å². The summed E-state index contributed by atoms with van der Waals surface area (Å²) in [5, 5.41) is 10.6. The number of nitrogens with zero attached hydrogens (tertiary/aromatic N) is 6. The van der Waals surface area contributed by atoms with E-state index in [1.165, 1.54) is 10.1 Å². The van der Waals surface area contributed by atoms with Crippen LogP contribution in [0.2, 0.25) is 0 Å². The molecule has 12 heteroatoms. The highest BCUT2D eigenvalue weighted by Crippen LogP contribution is 2.26. The summed E-state index contributed by atoms with van der Waals surface area (Å²) in [6, 6.07) is 0. The molecule has 4 rings (SSSR count). The lowest BCUT2D eigenvalue weighted by atomic mass is 10.0. The Bertz CT molecular complexity index is 1020. The zero-order valence-electron chi connectivity index (χ0n) is 19.7. The molecule has 0 saturated carbocycles. The Balaban J connectivity index is 1.34. The van der Waals surface area contributed by atoms with Gasteiger partial charge in [0.05, 0.1) is 38.0 Å². The number of carbonyl (C=O) groups excluding carboxylic acids is 2. The van der Waals surface area contributed by atoms with Crippen molar-refractivity contribution in [1.29, 1.82) is 0 Å². The second-order valence-corrected chi connectivity index (χ2v) is 8.45.